The second-order valence-corrected chi connectivity index (χ2v) is 6.80. The highest BCUT2D eigenvalue weighted by atomic mass is 16.5. The number of likely N-dealkylation sites (tertiary alicyclic amines) is 1. The molecule has 0 unspecified atom stereocenters. The Morgan fingerprint density at radius 2 is 2.04 bits per heavy atom. The van der Waals surface area contributed by atoms with Crippen molar-refractivity contribution in [2.75, 3.05) is 13.1 Å². The lowest BCUT2D eigenvalue weighted by atomic mass is 9.96. The molecule has 0 saturated carbocycles. The molecule has 2 aromatic rings. The molecule has 1 fully saturated rings. The van der Waals surface area contributed by atoms with E-state index in [2.05, 4.69) is 10.4 Å². The van der Waals surface area contributed by atoms with Gasteiger partial charge in [-0.2, -0.15) is 5.10 Å². The van der Waals surface area contributed by atoms with Crippen LogP contribution in [0.5, 0.6) is 5.75 Å². The van der Waals surface area contributed by atoms with E-state index in [-0.39, 0.29) is 11.8 Å². The molecule has 7 nitrogen and oxygen atoms in total. The Morgan fingerprint density at radius 1 is 1.31 bits per heavy atom. The molecule has 1 spiro atoms. The summed E-state index contributed by atoms with van der Waals surface area (Å²) in [6.07, 6.45) is 2.75. The van der Waals surface area contributed by atoms with E-state index >= 15 is 0 Å². The van der Waals surface area contributed by atoms with Gasteiger partial charge in [0.25, 0.3) is 11.8 Å². The van der Waals surface area contributed by atoms with Gasteiger partial charge in [0, 0.05) is 38.2 Å². The minimum Gasteiger partial charge on any atom is -0.467 e. The van der Waals surface area contributed by atoms with Crippen LogP contribution in [0.15, 0.2) is 30.5 Å². The summed E-state index contributed by atoms with van der Waals surface area (Å²) < 4.78 is 7.94. The molecule has 7 heteroatoms. The van der Waals surface area contributed by atoms with Gasteiger partial charge in [0.2, 0.25) is 0 Å². The quantitative estimate of drug-likeness (QED) is 0.894. The molecule has 1 saturated heterocycles. The van der Waals surface area contributed by atoms with E-state index in [0.717, 1.165) is 12.2 Å². The summed E-state index contributed by atoms with van der Waals surface area (Å²) in [5.41, 5.74) is 1.35. The van der Waals surface area contributed by atoms with Crippen LogP contribution in [0.2, 0.25) is 0 Å². The molecule has 2 aliphatic heterocycles. The Hall–Kier alpha value is -2.83. The number of carbonyl (C=O) groups excluding carboxylic acids is 2. The third-order valence-corrected chi connectivity index (χ3v) is 5.27. The van der Waals surface area contributed by atoms with Gasteiger partial charge in [0.15, 0.2) is 5.72 Å². The fraction of sp³-hybridized carbons (Fsp3) is 0.421. The lowest BCUT2D eigenvalue weighted by Gasteiger charge is -2.44. The van der Waals surface area contributed by atoms with E-state index in [9.17, 15) is 9.59 Å². The summed E-state index contributed by atoms with van der Waals surface area (Å²) in [4.78, 5) is 27.0. The van der Waals surface area contributed by atoms with Crippen molar-refractivity contribution >= 4 is 11.8 Å². The number of nitrogens with one attached hydrogen (secondary N) is 1. The number of aromatic nitrogens is 2. The van der Waals surface area contributed by atoms with Gasteiger partial charge in [-0.25, -0.2) is 0 Å². The summed E-state index contributed by atoms with van der Waals surface area (Å²) in [6, 6.07) is 7.25. The number of fused-ring (bicyclic) bond motifs is 1. The number of hydrogen-bond donors (Lipinski definition) is 1. The van der Waals surface area contributed by atoms with E-state index in [4.69, 9.17) is 4.74 Å². The molecule has 136 valence electrons. The van der Waals surface area contributed by atoms with Gasteiger partial charge in [-0.3, -0.25) is 14.3 Å². The highest BCUT2D eigenvalue weighted by Gasteiger charge is 2.43. The smallest absolute Gasteiger partial charge is 0.258 e. The number of aryl methyl sites for hydroxylation is 1. The largest absolute Gasteiger partial charge is 0.467 e. The van der Waals surface area contributed by atoms with Crippen LogP contribution in [0.1, 0.15) is 46.2 Å². The fourth-order valence-corrected chi connectivity index (χ4v) is 3.70. The number of hydrogen-bond acceptors (Lipinski definition) is 4. The highest BCUT2D eigenvalue weighted by Crippen LogP contribution is 2.33. The van der Waals surface area contributed by atoms with E-state index in [0.29, 0.717) is 42.8 Å². The van der Waals surface area contributed by atoms with E-state index in [1.165, 1.54) is 0 Å². The van der Waals surface area contributed by atoms with Crippen LogP contribution >= 0.6 is 0 Å². The Balaban J connectivity index is 1.48. The first kappa shape index (κ1) is 16.6. The molecule has 1 aromatic heterocycles. The predicted octanol–water partition coefficient (Wildman–Crippen LogP) is 1.97. The highest BCUT2D eigenvalue weighted by molar-refractivity contribution is 5.98. The van der Waals surface area contributed by atoms with E-state index in [1.807, 2.05) is 41.6 Å². The molecule has 1 N–H and O–H groups in total. The molecule has 26 heavy (non-hydrogen) atoms. The third-order valence-electron chi connectivity index (χ3n) is 5.27. The van der Waals surface area contributed by atoms with Gasteiger partial charge in [-0.15, -0.1) is 0 Å². The Bertz CT molecular complexity index is 865. The topological polar surface area (TPSA) is 76.5 Å². The molecule has 2 amide bonds. The fourth-order valence-electron chi connectivity index (χ4n) is 3.70. The number of ether oxygens (including phenoxy) is 1. The molecular weight excluding hydrogens is 332 g/mol. The first-order chi connectivity index (χ1) is 12.5. The van der Waals surface area contributed by atoms with Crippen LogP contribution in [0, 0.1) is 6.92 Å². The van der Waals surface area contributed by atoms with Crippen molar-refractivity contribution in [2.24, 2.45) is 0 Å². The minimum absolute atomic E-state index is 0.0143. The molecule has 1 aromatic carbocycles. The zero-order valence-corrected chi connectivity index (χ0v) is 15.0. The molecule has 0 aliphatic carbocycles. The van der Waals surface area contributed by atoms with Crippen molar-refractivity contribution < 1.29 is 14.3 Å². The van der Waals surface area contributed by atoms with Crippen LogP contribution in [0.4, 0.5) is 0 Å². The Morgan fingerprint density at radius 3 is 2.73 bits per heavy atom. The van der Waals surface area contributed by atoms with Gasteiger partial charge in [0.1, 0.15) is 5.75 Å². The van der Waals surface area contributed by atoms with Crippen LogP contribution in [-0.4, -0.2) is 45.3 Å². The predicted molar refractivity (Wildman–Crippen MR) is 95.0 cm³/mol. The average Bonchev–Trinajstić information content (AvgIpc) is 3.02. The number of rotatable bonds is 2. The lowest BCUT2D eigenvalue weighted by molar-refractivity contribution is -0.0245. The minimum atomic E-state index is -0.731. The van der Waals surface area contributed by atoms with Gasteiger partial charge < -0.3 is 15.0 Å². The Labute approximate surface area is 151 Å². The average molecular weight is 354 g/mol. The summed E-state index contributed by atoms with van der Waals surface area (Å²) in [5.74, 6) is 0.474. The standard InChI is InChI=1S/C19H22N4O3/c1-3-23-13(2)15(12-20-23)18(25)22-10-8-19(9-11-22)21-17(24)14-6-4-5-7-16(14)26-19/h4-7,12H,3,8-11H2,1-2H3,(H,21,24). The van der Waals surface area contributed by atoms with E-state index in [1.54, 1.807) is 12.3 Å². The summed E-state index contributed by atoms with van der Waals surface area (Å²) in [7, 11) is 0. The first-order valence-corrected chi connectivity index (χ1v) is 8.95. The molecule has 0 bridgehead atoms. The summed E-state index contributed by atoms with van der Waals surface area (Å²) >= 11 is 0. The maximum atomic E-state index is 12.8. The zero-order valence-electron chi connectivity index (χ0n) is 15.0. The maximum Gasteiger partial charge on any atom is 0.258 e. The molecule has 0 radical (unpaired) electrons. The summed E-state index contributed by atoms with van der Waals surface area (Å²) in [5, 5.41) is 7.25. The summed E-state index contributed by atoms with van der Waals surface area (Å²) in [6.45, 7) is 5.70. The van der Waals surface area contributed by atoms with Gasteiger partial charge >= 0.3 is 0 Å². The number of amides is 2. The van der Waals surface area contributed by atoms with Crippen molar-refractivity contribution in [2.45, 2.75) is 39.0 Å². The van der Waals surface area contributed by atoms with Gasteiger partial charge in [-0.1, -0.05) is 12.1 Å². The van der Waals surface area contributed by atoms with Crippen LogP contribution < -0.4 is 10.1 Å². The lowest BCUT2D eigenvalue weighted by Crippen LogP contribution is -2.61. The Kier molecular flexibility index (Phi) is 3.94. The molecule has 3 heterocycles. The van der Waals surface area contributed by atoms with E-state index < -0.39 is 5.72 Å². The van der Waals surface area contributed by atoms with Crippen LogP contribution in [0.3, 0.4) is 0 Å². The van der Waals surface area contributed by atoms with Crippen LogP contribution in [0.25, 0.3) is 0 Å². The zero-order chi connectivity index (χ0) is 18.3. The van der Waals surface area contributed by atoms with Crippen molar-refractivity contribution in [3.05, 3.63) is 47.3 Å². The van der Waals surface area contributed by atoms with Gasteiger partial charge in [-0.05, 0) is 26.0 Å². The first-order valence-electron chi connectivity index (χ1n) is 8.95. The normalized spacial score (nSPS) is 18.2. The number of carbonyl (C=O) groups is 2. The molecule has 0 atom stereocenters. The number of para-hydroxylation sites is 1. The molecule has 4 rings (SSSR count). The second-order valence-electron chi connectivity index (χ2n) is 6.80. The second kappa shape index (κ2) is 6.16. The molecular formula is C19H22N4O3. The van der Waals surface area contributed by atoms with Crippen molar-refractivity contribution in [1.82, 2.24) is 20.0 Å². The monoisotopic (exact) mass is 354 g/mol. The SMILES string of the molecule is CCn1ncc(C(=O)N2CCC3(CC2)NC(=O)c2ccccc2O3)c1C. The molecule has 2 aliphatic rings. The van der Waals surface area contributed by atoms with Crippen molar-refractivity contribution in [1.29, 1.82) is 0 Å². The number of piperidine rings is 1. The van der Waals surface area contributed by atoms with Crippen LogP contribution in [-0.2, 0) is 6.54 Å². The third kappa shape index (κ3) is 2.64. The van der Waals surface area contributed by atoms with Gasteiger partial charge in [0.05, 0.1) is 17.3 Å². The number of benzene rings is 1. The van der Waals surface area contributed by atoms with Crippen molar-refractivity contribution in [3.63, 3.8) is 0 Å². The van der Waals surface area contributed by atoms with Crippen molar-refractivity contribution in [3.8, 4) is 5.75 Å². The number of nitrogens with zero attached hydrogens (tertiary/aromatic N) is 3. The maximum absolute atomic E-state index is 12.8.